The van der Waals surface area contributed by atoms with E-state index in [2.05, 4.69) is 5.32 Å². The van der Waals surface area contributed by atoms with E-state index in [-0.39, 0.29) is 11.3 Å². The maximum absolute atomic E-state index is 12.9. The standard InChI is InChI=1S/C17H9ClF3N3O5/c18-11-5-4-8(6-10(11)17(19,20)21)22-13(25)7-23-15(26)9-2-1-3-12(24(28)29)14(9)16(23)27/h1-6H,7H2,(H,22,25). The molecule has 0 bridgehead atoms. The maximum Gasteiger partial charge on any atom is 0.417 e. The van der Waals surface area contributed by atoms with E-state index in [1.54, 1.807) is 0 Å². The average molecular weight is 428 g/mol. The molecule has 0 spiro atoms. The summed E-state index contributed by atoms with van der Waals surface area (Å²) in [6.07, 6.45) is -4.75. The summed E-state index contributed by atoms with van der Waals surface area (Å²) in [4.78, 5) is 47.6. The Bertz CT molecular complexity index is 1070. The molecule has 1 aliphatic rings. The number of benzene rings is 2. The van der Waals surface area contributed by atoms with Crippen LogP contribution < -0.4 is 5.32 Å². The summed E-state index contributed by atoms with van der Waals surface area (Å²) in [6.45, 7) is -0.840. The Labute approximate surface area is 165 Å². The number of fused-ring (bicyclic) bond motifs is 1. The lowest BCUT2D eigenvalue weighted by Crippen LogP contribution is -2.37. The van der Waals surface area contributed by atoms with Crippen LogP contribution in [0.1, 0.15) is 26.3 Å². The predicted molar refractivity (Wildman–Crippen MR) is 93.5 cm³/mol. The Morgan fingerprint density at radius 1 is 1.17 bits per heavy atom. The molecule has 12 heteroatoms. The van der Waals surface area contributed by atoms with E-state index in [0.29, 0.717) is 11.0 Å². The zero-order chi connectivity index (χ0) is 21.5. The smallest absolute Gasteiger partial charge is 0.325 e. The number of nitrogens with zero attached hydrogens (tertiary/aromatic N) is 2. The quantitative estimate of drug-likeness (QED) is 0.456. The van der Waals surface area contributed by atoms with Crippen molar-refractivity contribution in [3.63, 3.8) is 0 Å². The molecule has 0 saturated carbocycles. The molecule has 0 saturated heterocycles. The lowest BCUT2D eigenvalue weighted by molar-refractivity contribution is -0.385. The number of carbonyl (C=O) groups excluding carboxylic acids is 3. The van der Waals surface area contributed by atoms with E-state index in [9.17, 15) is 37.7 Å². The minimum Gasteiger partial charge on any atom is -0.325 e. The predicted octanol–water partition coefficient (Wildman–Crippen LogP) is 3.50. The second kappa shape index (κ2) is 7.17. The first-order valence-electron chi connectivity index (χ1n) is 7.81. The molecule has 1 aliphatic heterocycles. The number of hydrogen-bond acceptors (Lipinski definition) is 5. The van der Waals surface area contributed by atoms with E-state index in [0.717, 1.165) is 18.2 Å². The van der Waals surface area contributed by atoms with Crippen LogP contribution in [0.25, 0.3) is 0 Å². The Morgan fingerprint density at radius 2 is 1.86 bits per heavy atom. The Kier molecular flexibility index (Phi) is 5.01. The first-order valence-corrected chi connectivity index (χ1v) is 8.18. The second-order valence-corrected chi connectivity index (χ2v) is 6.30. The molecule has 8 nitrogen and oxygen atoms in total. The summed E-state index contributed by atoms with van der Waals surface area (Å²) in [5, 5.41) is 12.6. The number of halogens is 4. The fraction of sp³-hybridized carbons (Fsp3) is 0.118. The van der Waals surface area contributed by atoms with Crippen LogP contribution >= 0.6 is 11.6 Å². The molecule has 2 aromatic rings. The highest BCUT2D eigenvalue weighted by atomic mass is 35.5. The Hall–Kier alpha value is -3.47. The van der Waals surface area contributed by atoms with Gasteiger partial charge in [-0.25, -0.2) is 0 Å². The van der Waals surface area contributed by atoms with Crippen LogP contribution in [-0.4, -0.2) is 34.1 Å². The number of nitrogens with one attached hydrogen (secondary N) is 1. The van der Waals surface area contributed by atoms with Crippen LogP contribution in [0.15, 0.2) is 36.4 Å². The van der Waals surface area contributed by atoms with Gasteiger partial charge in [0, 0.05) is 11.8 Å². The van der Waals surface area contributed by atoms with Gasteiger partial charge in [-0.05, 0) is 24.3 Å². The lowest BCUT2D eigenvalue weighted by atomic mass is 10.1. The number of hydrogen-bond donors (Lipinski definition) is 1. The average Bonchev–Trinajstić information content (AvgIpc) is 2.87. The summed E-state index contributed by atoms with van der Waals surface area (Å²) in [6, 6.07) is 6.12. The molecule has 1 N–H and O–H groups in total. The van der Waals surface area contributed by atoms with Crippen LogP contribution in [0.3, 0.4) is 0 Å². The molecule has 29 heavy (non-hydrogen) atoms. The Morgan fingerprint density at radius 3 is 2.48 bits per heavy atom. The van der Waals surface area contributed by atoms with Crippen molar-refractivity contribution >= 4 is 40.7 Å². The highest BCUT2D eigenvalue weighted by Gasteiger charge is 2.41. The SMILES string of the molecule is O=C(CN1C(=O)c2cccc([N+](=O)[O-])c2C1=O)Nc1ccc(Cl)c(C(F)(F)F)c1. The minimum atomic E-state index is -4.75. The third-order valence-electron chi connectivity index (χ3n) is 4.03. The molecule has 3 amide bonds. The van der Waals surface area contributed by atoms with Crippen molar-refractivity contribution in [3.05, 3.63) is 68.2 Å². The van der Waals surface area contributed by atoms with Gasteiger partial charge in [-0.2, -0.15) is 13.2 Å². The minimum absolute atomic E-state index is 0.233. The highest BCUT2D eigenvalue weighted by molar-refractivity contribution is 6.31. The third kappa shape index (κ3) is 3.76. The van der Waals surface area contributed by atoms with E-state index >= 15 is 0 Å². The van der Waals surface area contributed by atoms with Gasteiger partial charge in [-0.1, -0.05) is 17.7 Å². The van der Waals surface area contributed by atoms with Gasteiger partial charge in [0.05, 0.1) is 21.1 Å². The van der Waals surface area contributed by atoms with Gasteiger partial charge in [0.15, 0.2) is 0 Å². The van der Waals surface area contributed by atoms with Crippen molar-refractivity contribution in [1.82, 2.24) is 4.90 Å². The number of alkyl halides is 3. The van der Waals surface area contributed by atoms with E-state index < -0.39 is 57.2 Å². The number of nitro benzene ring substituents is 1. The number of carbonyl (C=O) groups is 3. The van der Waals surface area contributed by atoms with Gasteiger partial charge in [-0.15, -0.1) is 0 Å². The number of imide groups is 1. The molecule has 0 aromatic heterocycles. The van der Waals surface area contributed by atoms with Gasteiger partial charge in [0.25, 0.3) is 17.5 Å². The summed E-state index contributed by atoms with van der Waals surface area (Å²) >= 11 is 5.50. The fourth-order valence-electron chi connectivity index (χ4n) is 2.78. The highest BCUT2D eigenvalue weighted by Crippen LogP contribution is 2.36. The monoisotopic (exact) mass is 427 g/mol. The molecule has 0 fully saturated rings. The van der Waals surface area contributed by atoms with E-state index in [4.69, 9.17) is 11.6 Å². The molecular weight excluding hydrogens is 419 g/mol. The van der Waals surface area contributed by atoms with E-state index in [1.165, 1.54) is 12.1 Å². The van der Waals surface area contributed by atoms with Crippen LogP contribution in [0.4, 0.5) is 24.5 Å². The number of rotatable bonds is 4. The number of anilines is 1. The van der Waals surface area contributed by atoms with Crippen molar-refractivity contribution in [3.8, 4) is 0 Å². The van der Waals surface area contributed by atoms with Crippen LogP contribution in [0, 0.1) is 10.1 Å². The van der Waals surface area contributed by atoms with E-state index in [1.807, 2.05) is 0 Å². The van der Waals surface area contributed by atoms with Gasteiger partial charge in [0.2, 0.25) is 5.91 Å². The Balaban J connectivity index is 1.80. The number of amides is 3. The molecule has 3 rings (SSSR count). The van der Waals surface area contributed by atoms with Crippen molar-refractivity contribution in [2.75, 3.05) is 11.9 Å². The molecule has 150 valence electrons. The summed E-state index contributed by atoms with van der Waals surface area (Å²) in [7, 11) is 0. The van der Waals surface area contributed by atoms with Crippen molar-refractivity contribution < 1.29 is 32.5 Å². The lowest BCUT2D eigenvalue weighted by Gasteiger charge is -2.15. The molecular formula is C17H9ClF3N3O5. The van der Waals surface area contributed by atoms with Gasteiger partial charge in [0.1, 0.15) is 12.1 Å². The third-order valence-corrected chi connectivity index (χ3v) is 4.36. The van der Waals surface area contributed by atoms with Crippen LogP contribution in [-0.2, 0) is 11.0 Å². The normalized spacial score (nSPS) is 13.4. The first-order chi connectivity index (χ1) is 13.5. The summed E-state index contributed by atoms with van der Waals surface area (Å²) in [5.41, 5.74) is -2.69. The molecule has 1 heterocycles. The maximum atomic E-state index is 12.9. The molecule has 0 unspecified atom stereocenters. The van der Waals surface area contributed by atoms with Crippen molar-refractivity contribution in [2.24, 2.45) is 0 Å². The fourth-order valence-corrected chi connectivity index (χ4v) is 3.00. The first kappa shape index (κ1) is 20.3. The number of nitro groups is 1. The van der Waals surface area contributed by atoms with Gasteiger partial charge < -0.3 is 5.32 Å². The zero-order valence-electron chi connectivity index (χ0n) is 14.1. The van der Waals surface area contributed by atoms with Gasteiger partial charge in [-0.3, -0.25) is 29.4 Å². The molecule has 0 aliphatic carbocycles. The zero-order valence-corrected chi connectivity index (χ0v) is 14.9. The van der Waals surface area contributed by atoms with Gasteiger partial charge >= 0.3 is 6.18 Å². The molecule has 0 radical (unpaired) electrons. The summed E-state index contributed by atoms with van der Waals surface area (Å²) in [5.74, 6) is -2.94. The van der Waals surface area contributed by atoms with Crippen LogP contribution in [0.2, 0.25) is 5.02 Å². The second-order valence-electron chi connectivity index (χ2n) is 5.89. The summed E-state index contributed by atoms with van der Waals surface area (Å²) < 4.78 is 38.7. The van der Waals surface area contributed by atoms with Crippen molar-refractivity contribution in [1.29, 1.82) is 0 Å². The molecule has 0 atom stereocenters. The topological polar surface area (TPSA) is 110 Å². The van der Waals surface area contributed by atoms with Crippen LogP contribution in [0.5, 0.6) is 0 Å². The van der Waals surface area contributed by atoms with Crippen molar-refractivity contribution in [2.45, 2.75) is 6.18 Å². The molecule has 2 aromatic carbocycles. The largest absolute Gasteiger partial charge is 0.417 e.